The van der Waals surface area contributed by atoms with E-state index in [1.54, 1.807) is 6.07 Å². The maximum atomic E-state index is 8.99. The number of aromatic amines is 1. The number of hydrogen-bond donors (Lipinski definition) is 2. The monoisotopic (exact) mass is 242 g/mol. The standard InChI is InChI=1S/C14H14N2O2/c1-8-3-5-11-13(9(8)2)16-14(15-11)12-6-4-10(7-17)18-12/h3-6,17H,7H2,1-2H3,(H,15,16). The molecule has 18 heavy (non-hydrogen) atoms. The average molecular weight is 242 g/mol. The topological polar surface area (TPSA) is 62.0 Å². The molecule has 0 saturated carbocycles. The van der Waals surface area contributed by atoms with E-state index in [1.165, 1.54) is 11.1 Å². The largest absolute Gasteiger partial charge is 0.455 e. The van der Waals surface area contributed by atoms with Crippen LogP contribution in [0.1, 0.15) is 16.9 Å². The molecule has 1 aromatic carbocycles. The van der Waals surface area contributed by atoms with E-state index in [9.17, 15) is 0 Å². The number of rotatable bonds is 2. The molecule has 2 N–H and O–H groups in total. The van der Waals surface area contributed by atoms with E-state index >= 15 is 0 Å². The number of hydrogen-bond acceptors (Lipinski definition) is 3. The summed E-state index contributed by atoms with van der Waals surface area (Å²) in [7, 11) is 0. The highest BCUT2D eigenvalue weighted by Crippen LogP contribution is 2.25. The molecular formula is C14H14N2O2. The molecule has 0 atom stereocenters. The SMILES string of the molecule is Cc1ccc2[nH]c(-c3ccc(CO)o3)nc2c1C. The van der Waals surface area contributed by atoms with Crippen LogP contribution in [0.4, 0.5) is 0 Å². The lowest BCUT2D eigenvalue weighted by atomic mass is 10.1. The number of imidazole rings is 1. The summed E-state index contributed by atoms with van der Waals surface area (Å²) in [6.45, 7) is 4.03. The number of aliphatic hydroxyl groups is 1. The van der Waals surface area contributed by atoms with Crippen molar-refractivity contribution in [2.75, 3.05) is 0 Å². The van der Waals surface area contributed by atoms with Crippen LogP contribution < -0.4 is 0 Å². The lowest BCUT2D eigenvalue weighted by molar-refractivity contribution is 0.248. The van der Waals surface area contributed by atoms with Gasteiger partial charge in [0.05, 0.1) is 11.0 Å². The van der Waals surface area contributed by atoms with Crippen LogP contribution in [0.15, 0.2) is 28.7 Å². The zero-order valence-electron chi connectivity index (χ0n) is 10.3. The van der Waals surface area contributed by atoms with Crippen molar-refractivity contribution in [3.63, 3.8) is 0 Å². The summed E-state index contributed by atoms with van der Waals surface area (Å²) in [5.41, 5.74) is 4.35. The molecule has 92 valence electrons. The van der Waals surface area contributed by atoms with Crippen molar-refractivity contribution < 1.29 is 9.52 Å². The Morgan fingerprint density at radius 3 is 2.78 bits per heavy atom. The molecule has 0 aliphatic carbocycles. The van der Waals surface area contributed by atoms with Crippen LogP contribution in [0.5, 0.6) is 0 Å². The summed E-state index contributed by atoms with van der Waals surface area (Å²) in [6, 6.07) is 7.65. The molecule has 0 amide bonds. The van der Waals surface area contributed by atoms with Gasteiger partial charge < -0.3 is 14.5 Å². The van der Waals surface area contributed by atoms with Crippen molar-refractivity contribution in [1.29, 1.82) is 0 Å². The van der Waals surface area contributed by atoms with Gasteiger partial charge in [0.2, 0.25) is 0 Å². The highest BCUT2D eigenvalue weighted by Gasteiger charge is 2.11. The van der Waals surface area contributed by atoms with E-state index in [1.807, 2.05) is 12.1 Å². The number of H-pyrrole nitrogens is 1. The third-order valence-corrected chi connectivity index (χ3v) is 3.23. The molecule has 0 spiro atoms. The lowest BCUT2D eigenvalue weighted by Crippen LogP contribution is -1.81. The predicted octanol–water partition coefficient (Wildman–Crippen LogP) is 2.93. The number of aliphatic hydroxyl groups excluding tert-OH is 1. The number of nitrogens with one attached hydrogen (secondary N) is 1. The first kappa shape index (κ1) is 11.0. The molecule has 0 aliphatic heterocycles. The minimum Gasteiger partial charge on any atom is -0.455 e. The van der Waals surface area contributed by atoms with Gasteiger partial charge in [0.15, 0.2) is 11.6 Å². The molecule has 0 radical (unpaired) electrons. The summed E-state index contributed by atoms with van der Waals surface area (Å²) < 4.78 is 5.47. The highest BCUT2D eigenvalue weighted by molar-refractivity contribution is 5.82. The van der Waals surface area contributed by atoms with Crippen LogP contribution in [-0.2, 0) is 6.61 Å². The first-order valence-electron chi connectivity index (χ1n) is 5.85. The van der Waals surface area contributed by atoms with Crippen molar-refractivity contribution in [2.45, 2.75) is 20.5 Å². The Bertz CT molecular complexity index is 710. The number of aromatic nitrogens is 2. The molecule has 3 rings (SSSR count). The summed E-state index contributed by atoms with van der Waals surface area (Å²) >= 11 is 0. The molecule has 0 aliphatic rings. The van der Waals surface area contributed by atoms with Gasteiger partial charge in [-0.2, -0.15) is 0 Å². The fourth-order valence-corrected chi connectivity index (χ4v) is 2.02. The zero-order chi connectivity index (χ0) is 12.7. The fraction of sp³-hybridized carbons (Fsp3) is 0.214. The van der Waals surface area contributed by atoms with E-state index in [0.717, 1.165) is 11.0 Å². The first-order chi connectivity index (χ1) is 8.69. The van der Waals surface area contributed by atoms with Crippen molar-refractivity contribution >= 4 is 11.0 Å². The Labute approximate surface area is 104 Å². The minimum atomic E-state index is -0.0988. The van der Waals surface area contributed by atoms with Crippen molar-refractivity contribution in [3.05, 3.63) is 41.2 Å². The number of fused-ring (bicyclic) bond motifs is 1. The van der Waals surface area contributed by atoms with E-state index in [4.69, 9.17) is 9.52 Å². The van der Waals surface area contributed by atoms with Crippen LogP contribution in [0.2, 0.25) is 0 Å². The fourth-order valence-electron chi connectivity index (χ4n) is 2.02. The van der Waals surface area contributed by atoms with Crippen molar-refractivity contribution in [2.24, 2.45) is 0 Å². The minimum absolute atomic E-state index is 0.0988. The second-order valence-corrected chi connectivity index (χ2v) is 4.41. The summed E-state index contributed by atoms with van der Waals surface area (Å²) in [6.07, 6.45) is 0. The molecule has 0 saturated heterocycles. The van der Waals surface area contributed by atoms with Gasteiger partial charge in [-0.05, 0) is 43.2 Å². The van der Waals surface area contributed by atoms with Gasteiger partial charge in [-0.3, -0.25) is 0 Å². The van der Waals surface area contributed by atoms with E-state index in [-0.39, 0.29) is 6.61 Å². The maximum Gasteiger partial charge on any atom is 0.174 e. The van der Waals surface area contributed by atoms with Gasteiger partial charge >= 0.3 is 0 Å². The molecule has 4 nitrogen and oxygen atoms in total. The molecular weight excluding hydrogens is 228 g/mol. The Morgan fingerprint density at radius 1 is 1.22 bits per heavy atom. The van der Waals surface area contributed by atoms with Gasteiger partial charge in [0.25, 0.3) is 0 Å². The van der Waals surface area contributed by atoms with Crippen LogP contribution in [0, 0.1) is 13.8 Å². The second kappa shape index (κ2) is 3.99. The second-order valence-electron chi connectivity index (χ2n) is 4.41. The summed E-state index contributed by atoms with van der Waals surface area (Å²) in [5, 5.41) is 8.99. The van der Waals surface area contributed by atoms with Gasteiger partial charge in [-0.15, -0.1) is 0 Å². The van der Waals surface area contributed by atoms with Crippen LogP contribution in [0.25, 0.3) is 22.6 Å². The summed E-state index contributed by atoms with van der Waals surface area (Å²) in [5.74, 6) is 1.88. The molecule has 0 bridgehead atoms. The van der Waals surface area contributed by atoms with Gasteiger partial charge in [0.1, 0.15) is 12.4 Å². The molecule has 0 unspecified atom stereocenters. The van der Waals surface area contributed by atoms with Crippen molar-refractivity contribution in [1.82, 2.24) is 9.97 Å². The summed E-state index contributed by atoms with van der Waals surface area (Å²) in [4.78, 5) is 7.79. The van der Waals surface area contributed by atoms with Crippen LogP contribution in [-0.4, -0.2) is 15.1 Å². The van der Waals surface area contributed by atoms with E-state index in [0.29, 0.717) is 17.3 Å². The lowest BCUT2D eigenvalue weighted by Gasteiger charge is -1.98. The van der Waals surface area contributed by atoms with Crippen LogP contribution >= 0.6 is 0 Å². The molecule has 0 fully saturated rings. The normalized spacial score (nSPS) is 11.3. The third kappa shape index (κ3) is 1.62. The van der Waals surface area contributed by atoms with Gasteiger partial charge in [0, 0.05) is 0 Å². The average Bonchev–Trinajstić information content (AvgIpc) is 2.99. The number of aryl methyl sites for hydroxylation is 2. The molecule has 2 heterocycles. The molecule has 3 aromatic rings. The first-order valence-corrected chi connectivity index (χ1v) is 5.85. The maximum absolute atomic E-state index is 8.99. The highest BCUT2D eigenvalue weighted by atomic mass is 16.4. The Kier molecular flexibility index (Phi) is 2.45. The smallest absolute Gasteiger partial charge is 0.174 e. The predicted molar refractivity (Wildman–Crippen MR) is 69.2 cm³/mol. The number of furan rings is 1. The Balaban J connectivity index is 2.16. The van der Waals surface area contributed by atoms with Crippen molar-refractivity contribution in [3.8, 4) is 11.6 Å². The van der Waals surface area contributed by atoms with Gasteiger partial charge in [-0.25, -0.2) is 4.98 Å². The molecule has 4 heteroatoms. The third-order valence-electron chi connectivity index (χ3n) is 3.23. The Hall–Kier alpha value is -2.07. The van der Waals surface area contributed by atoms with E-state index < -0.39 is 0 Å². The number of nitrogens with zero attached hydrogens (tertiary/aromatic N) is 1. The molecule has 2 aromatic heterocycles. The quantitative estimate of drug-likeness (QED) is 0.726. The number of benzene rings is 1. The zero-order valence-corrected chi connectivity index (χ0v) is 10.3. The van der Waals surface area contributed by atoms with E-state index in [2.05, 4.69) is 29.9 Å². The Morgan fingerprint density at radius 2 is 2.06 bits per heavy atom. The van der Waals surface area contributed by atoms with Gasteiger partial charge in [-0.1, -0.05) is 6.07 Å². The van der Waals surface area contributed by atoms with Crippen LogP contribution in [0.3, 0.4) is 0 Å².